The maximum absolute atomic E-state index is 11.9. The van der Waals surface area contributed by atoms with Crippen molar-refractivity contribution in [2.75, 3.05) is 4.72 Å². The van der Waals surface area contributed by atoms with E-state index in [1.165, 1.54) is 12.3 Å². The molecule has 0 saturated heterocycles. The first-order valence-electron chi connectivity index (χ1n) is 4.77. The van der Waals surface area contributed by atoms with Crippen LogP contribution in [-0.2, 0) is 10.0 Å². The van der Waals surface area contributed by atoms with Gasteiger partial charge in [-0.15, -0.1) is 0 Å². The second kappa shape index (κ2) is 4.38. The van der Waals surface area contributed by atoms with Crippen LogP contribution in [0.15, 0.2) is 35.5 Å². The van der Waals surface area contributed by atoms with Crippen molar-refractivity contribution in [3.63, 3.8) is 0 Å². The monoisotopic (exact) mass is 271 g/mol. The molecule has 0 fully saturated rings. The van der Waals surface area contributed by atoms with Gasteiger partial charge in [-0.1, -0.05) is 11.6 Å². The van der Waals surface area contributed by atoms with Crippen molar-refractivity contribution in [3.8, 4) is 0 Å². The minimum Gasteiger partial charge on any atom is -0.278 e. The lowest BCUT2D eigenvalue weighted by Gasteiger charge is -2.09. The lowest BCUT2D eigenvalue weighted by atomic mass is 10.2. The van der Waals surface area contributed by atoms with E-state index in [2.05, 4.69) is 14.9 Å². The molecular weight excluding hydrogens is 262 g/mol. The van der Waals surface area contributed by atoms with E-state index < -0.39 is 10.0 Å². The molecule has 0 amide bonds. The maximum atomic E-state index is 11.9. The Morgan fingerprint density at radius 3 is 2.71 bits per heavy atom. The fourth-order valence-corrected chi connectivity index (χ4v) is 2.60. The molecule has 0 unspecified atom stereocenters. The van der Waals surface area contributed by atoms with Crippen LogP contribution in [0.4, 0.5) is 5.69 Å². The van der Waals surface area contributed by atoms with Gasteiger partial charge in [0.05, 0.1) is 11.9 Å². The zero-order chi connectivity index (χ0) is 12.5. The number of anilines is 1. The van der Waals surface area contributed by atoms with E-state index in [9.17, 15) is 8.42 Å². The third-order valence-corrected chi connectivity index (χ3v) is 3.73. The molecule has 90 valence electrons. The number of halogens is 1. The number of sulfonamides is 1. The largest absolute Gasteiger partial charge is 0.278 e. The minimum atomic E-state index is -3.62. The zero-order valence-corrected chi connectivity index (χ0v) is 10.5. The third kappa shape index (κ3) is 2.59. The molecule has 2 rings (SSSR count). The summed E-state index contributed by atoms with van der Waals surface area (Å²) in [4.78, 5) is 0. The van der Waals surface area contributed by atoms with Crippen LogP contribution in [0.3, 0.4) is 0 Å². The second-order valence-electron chi connectivity index (χ2n) is 3.49. The van der Waals surface area contributed by atoms with Crippen LogP contribution in [-0.4, -0.2) is 18.6 Å². The molecule has 0 atom stereocenters. The fraction of sp³-hybridized carbons (Fsp3) is 0.100. The van der Waals surface area contributed by atoms with Crippen molar-refractivity contribution in [1.82, 2.24) is 10.2 Å². The number of H-pyrrole nitrogens is 1. The summed E-state index contributed by atoms with van der Waals surface area (Å²) in [5.41, 5.74) is 1.24. The lowest BCUT2D eigenvalue weighted by Crippen LogP contribution is -2.14. The summed E-state index contributed by atoms with van der Waals surface area (Å²) >= 11 is 5.79. The average Bonchev–Trinajstić information content (AvgIpc) is 2.76. The molecule has 0 saturated carbocycles. The third-order valence-electron chi connectivity index (χ3n) is 2.20. The SMILES string of the molecule is Cc1cc(Cl)ccc1NS(=O)(=O)c1ccn[nH]1. The van der Waals surface area contributed by atoms with Crippen LogP contribution in [0.1, 0.15) is 5.56 Å². The predicted molar refractivity (Wildman–Crippen MR) is 65.6 cm³/mol. The first-order valence-corrected chi connectivity index (χ1v) is 6.63. The number of benzene rings is 1. The van der Waals surface area contributed by atoms with E-state index in [0.717, 1.165) is 5.56 Å². The molecule has 7 heteroatoms. The summed E-state index contributed by atoms with van der Waals surface area (Å²) < 4.78 is 26.2. The van der Waals surface area contributed by atoms with Gasteiger partial charge in [-0.25, -0.2) is 0 Å². The molecule has 0 radical (unpaired) electrons. The molecule has 0 bridgehead atoms. The molecule has 2 N–H and O–H groups in total. The molecule has 2 aromatic rings. The Labute approximate surface area is 104 Å². The van der Waals surface area contributed by atoms with E-state index in [4.69, 9.17) is 11.6 Å². The highest BCUT2D eigenvalue weighted by molar-refractivity contribution is 7.92. The van der Waals surface area contributed by atoms with Crippen LogP contribution in [0, 0.1) is 6.92 Å². The van der Waals surface area contributed by atoms with Crippen LogP contribution < -0.4 is 4.72 Å². The van der Waals surface area contributed by atoms with Crippen molar-refractivity contribution in [2.45, 2.75) is 11.9 Å². The maximum Gasteiger partial charge on any atom is 0.278 e. The highest BCUT2D eigenvalue weighted by atomic mass is 35.5. The molecule has 0 aliphatic heterocycles. The van der Waals surface area contributed by atoms with Gasteiger partial charge in [-0.3, -0.25) is 9.82 Å². The highest BCUT2D eigenvalue weighted by Crippen LogP contribution is 2.22. The van der Waals surface area contributed by atoms with Crippen LogP contribution in [0.2, 0.25) is 5.02 Å². The van der Waals surface area contributed by atoms with Gasteiger partial charge in [0.25, 0.3) is 10.0 Å². The minimum absolute atomic E-state index is 0.0202. The molecule has 0 aliphatic rings. The van der Waals surface area contributed by atoms with Gasteiger partial charge in [-0.05, 0) is 36.8 Å². The van der Waals surface area contributed by atoms with Crippen molar-refractivity contribution in [1.29, 1.82) is 0 Å². The van der Waals surface area contributed by atoms with Crippen molar-refractivity contribution in [2.24, 2.45) is 0 Å². The highest BCUT2D eigenvalue weighted by Gasteiger charge is 2.16. The molecule has 1 heterocycles. The van der Waals surface area contributed by atoms with Crippen molar-refractivity contribution >= 4 is 27.3 Å². The molecule has 1 aromatic carbocycles. The van der Waals surface area contributed by atoms with Crippen LogP contribution in [0.5, 0.6) is 0 Å². The average molecular weight is 272 g/mol. The number of hydrogen-bond donors (Lipinski definition) is 2. The quantitative estimate of drug-likeness (QED) is 0.898. The number of nitrogens with zero attached hydrogens (tertiary/aromatic N) is 1. The summed E-state index contributed by atoms with van der Waals surface area (Å²) in [5, 5.41) is 6.59. The predicted octanol–water partition coefficient (Wildman–Crippen LogP) is 2.17. The first kappa shape index (κ1) is 11.9. The Morgan fingerprint density at radius 2 is 2.12 bits per heavy atom. The summed E-state index contributed by atoms with van der Waals surface area (Å²) in [7, 11) is -3.62. The number of rotatable bonds is 3. The van der Waals surface area contributed by atoms with E-state index >= 15 is 0 Å². The topological polar surface area (TPSA) is 74.8 Å². The number of hydrogen-bond acceptors (Lipinski definition) is 3. The molecule has 0 aliphatic carbocycles. The Balaban J connectivity index is 2.33. The van der Waals surface area contributed by atoms with Crippen molar-refractivity contribution in [3.05, 3.63) is 41.0 Å². The lowest BCUT2D eigenvalue weighted by molar-refractivity contribution is 0.597. The number of nitrogens with one attached hydrogen (secondary N) is 2. The van der Waals surface area contributed by atoms with Gasteiger partial charge in [0.15, 0.2) is 5.03 Å². The van der Waals surface area contributed by atoms with Gasteiger partial charge < -0.3 is 0 Å². The van der Waals surface area contributed by atoms with Gasteiger partial charge in [0, 0.05) is 5.02 Å². The van der Waals surface area contributed by atoms with E-state index in [1.807, 2.05) is 0 Å². The van der Waals surface area contributed by atoms with Crippen LogP contribution >= 0.6 is 11.6 Å². The van der Waals surface area contributed by atoms with Gasteiger partial charge >= 0.3 is 0 Å². The summed E-state index contributed by atoms with van der Waals surface area (Å²) in [6.45, 7) is 1.77. The summed E-state index contributed by atoms with van der Waals surface area (Å²) in [5.74, 6) is 0. The normalized spacial score (nSPS) is 11.4. The van der Waals surface area contributed by atoms with Gasteiger partial charge in [0.1, 0.15) is 0 Å². The number of aromatic amines is 1. The molecular formula is C10H10ClN3O2S. The Bertz CT molecular complexity index is 623. The molecule has 17 heavy (non-hydrogen) atoms. The van der Waals surface area contributed by atoms with E-state index in [0.29, 0.717) is 10.7 Å². The van der Waals surface area contributed by atoms with E-state index in [1.54, 1.807) is 25.1 Å². The van der Waals surface area contributed by atoms with Gasteiger partial charge in [0.2, 0.25) is 0 Å². The van der Waals surface area contributed by atoms with Crippen LogP contribution in [0.25, 0.3) is 0 Å². The summed E-state index contributed by atoms with van der Waals surface area (Å²) in [6, 6.07) is 6.31. The first-order chi connectivity index (χ1) is 7.99. The smallest absolute Gasteiger partial charge is 0.278 e. The second-order valence-corrected chi connectivity index (χ2v) is 5.57. The Morgan fingerprint density at radius 1 is 1.35 bits per heavy atom. The molecule has 5 nitrogen and oxygen atoms in total. The number of aryl methyl sites for hydroxylation is 1. The molecule has 1 aromatic heterocycles. The van der Waals surface area contributed by atoms with Gasteiger partial charge in [-0.2, -0.15) is 13.5 Å². The Hall–Kier alpha value is -1.53. The number of aromatic nitrogens is 2. The fourth-order valence-electron chi connectivity index (χ4n) is 1.33. The van der Waals surface area contributed by atoms with E-state index in [-0.39, 0.29) is 5.03 Å². The molecule has 0 spiro atoms. The summed E-state index contributed by atoms with van der Waals surface area (Å²) in [6.07, 6.45) is 1.38. The van der Waals surface area contributed by atoms with Crippen molar-refractivity contribution < 1.29 is 8.42 Å². The Kier molecular flexibility index (Phi) is 3.08. The standard InChI is InChI=1S/C10H10ClN3O2S/c1-7-6-8(11)2-3-9(7)14-17(15,16)10-4-5-12-13-10/h2-6,14H,1H3,(H,12,13). The zero-order valence-electron chi connectivity index (χ0n) is 8.94.